The second-order valence-electron chi connectivity index (χ2n) is 5.15. The number of halogens is 3. The van der Waals surface area contributed by atoms with Crippen molar-refractivity contribution in [3.63, 3.8) is 0 Å². The number of aromatic nitrogens is 1. The third-order valence-electron chi connectivity index (χ3n) is 3.30. The number of alkyl halides is 3. The first-order valence-electron chi connectivity index (χ1n) is 6.60. The zero-order valence-electron chi connectivity index (χ0n) is 12.0. The van der Waals surface area contributed by atoms with Crippen molar-refractivity contribution in [3.05, 3.63) is 48.0 Å². The normalized spacial score (nSPS) is 11.9. The molecule has 2 aromatic carbocycles. The average molecular weight is 306 g/mol. The van der Waals surface area contributed by atoms with Gasteiger partial charge in [-0.05, 0) is 35.4 Å². The topological polar surface area (TPSA) is 29.3 Å². The molecule has 0 spiro atoms. The number of oxazole rings is 1. The quantitative estimate of drug-likeness (QED) is 0.694. The van der Waals surface area contributed by atoms with Crippen LogP contribution < -0.4 is 4.90 Å². The molecule has 0 bridgehead atoms. The van der Waals surface area contributed by atoms with Crippen LogP contribution in [0.1, 0.15) is 5.56 Å². The summed E-state index contributed by atoms with van der Waals surface area (Å²) in [6.07, 6.45) is -4.32. The van der Waals surface area contributed by atoms with Crippen LogP contribution in [0.4, 0.5) is 19.2 Å². The van der Waals surface area contributed by atoms with E-state index >= 15 is 0 Å². The number of rotatable bonds is 2. The maximum atomic E-state index is 12.6. The number of hydrogen-bond acceptors (Lipinski definition) is 3. The van der Waals surface area contributed by atoms with Gasteiger partial charge >= 0.3 is 6.18 Å². The van der Waals surface area contributed by atoms with Crippen molar-refractivity contribution in [2.45, 2.75) is 6.18 Å². The van der Waals surface area contributed by atoms with Gasteiger partial charge in [0, 0.05) is 14.1 Å². The van der Waals surface area contributed by atoms with Gasteiger partial charge < -0.3 is 9.32 Å². The van der Waals surface area contributed by atoms with Gasteiger partial charge in [0.2, 0.25) is 0 Å². The molecule has 114 valence electrons. The number of benzene rings is 2. The van der Waals surface area contributed by atoms with E-state index in [9.17, 15) is 13.2 Å². The summed E-state index contributed by atoms with van der Waals surface area (Å²) in [5.41, 5.74) is 2.14. The summed E-state index contributed by atoms with van der Waals surface area (Å²) in [5, 5.41) is 0. The summed E-state index contributed by atoms with van der Waals surface area (Å²) in [7, 11) is 3.64. The summed E-state index contributed by atoms with van der Waals surface area (Å²) in [4.78, 5) is 6.08. The number of nitrogens with zero attached hydrogens (tertiary/aromatic N) is 2. The molecule has 0 amide bonds. The molecule has 22 heavy (non-hydrogen) atoms. The maximum absolute atomic E-state index is 12.6. The van der Waals surface area contributed by atoms with Crippen LogP contribution in [0.5, 0.6) is 0 Å². The average Bonchev–Trinajstić information content (AvgIpc) is 2.89. The van der Waals surface area contributed by atoms with Gasteiger partial charge in [0.15, 0.2) is 5.58 Å². The van der Waals surface area contributed by atoms with Gasteiger partial charge in [-0.1, -0.05) is 18.2 Å². The van der Waals surface area contributed by atoms with Gasteiger partial charge in [-0.15, -0.1) is 0 Å². The fourth-order valence-corrected chi connectivity index (χ4v) is 2.14. The summed E-state index contributed by atoms with van der Waals surface area (Å²) in [5.74, 6) is 0. The Morgan fingerprint density at radius 1 is 0.955 bits per heavy atom. The Kier molecular flexibility index (Phi) is 3.31. The van der Waals surface area contributed by atoms with E-state index in [0.717, 1.165) is 17.7 Å². The molecule has 3 rings (SSSR count). The van der Waals surface area contributed by atoms with Gasteiger partial charge in [-0.25, -0.2) is 0 Å². The van der Waals surface area contributed by atoms with Gasteiger partial charge in [0.05, 0.1) is 5.56 Å². The van der Waals surface area contributed by atoms with Gasteiger partial charge in [0.25, 0.3) is 6.01 Å². The molecule has 0 fully saturated rings. The molecule has 1 heterocycles. The lowest BCUT2D eigenvalue weighted by Crippen LogP contribution is -2.08. The lowest BCUT2D eigenvalue weighted by Gasteiger charge is -2.07. The van der Waals surface area contributed by atoms with E-state index in [2.05, 4.69) is 4.98 Å². The van der Waals surface area contributed by atoms with Crippen molar-refractivity contribution in [3.8, 4) is 11.1 Å². The molecule has 0 aliphatic rings. The maximum Gasteiger partial charge on any atom is 0.416 e. The predicted octanol–water partition coefficient (Wildman–Crippen LogP) is 4.58. The molecule has 0 saturated carbocycles. The van der Waals surface area contributed by atoms with Crippen LogP contribution >= 0.6 is 0 Å². The Morgan fingerprint density at radius 3 is 2.18 bits per heavy atom. The molecule has 0 aliphatic carbocycles. The van der Waals surface area contributed by atoms with Crippen LogP contribution in [-0.4, -0.2) is 19.1 Å². The second-order valence-corrected chi connectivity index (χ2v) is 5.15. The van der Waals surface area contributed by atoms with E-state index in [4.69, 9.17) is 4.42 Å². The lowest BCUT2D eigenvalue weighted by molar-refractivity contribution is -0.137. The van der Waals surface area contributed by atoms with Crippen molar-refractivity contribution in [1.29, 1.82) is 0 Å². The summed E-state index contributed by atoms with van der Waals surface area (Å²) < 4.78 is 43.3. The SMILES string of the molecule is CN(C)c1nc2cc(-c3ccc(C(F)(F)F)cc3)ccc2o1. The van der Waals surface area contributed by atoms with Crippen molar-refractivity contribution in [1.82, 2.24) is 4.98 Å². The highest BCUT2D eigenvalue weighted by atomic mass is 19.4. The van der Waals surface area contributed by atoms with E-state index in [0.29, 0.717) is 22.7 Å². The fourth-order valence-electron chi connectivity index (χ4n) is 2.14. The molecule has 3 nitrogen and oxygen atoms in total. The minimum Gasteiger partial charge on any atom is -0.423 e. The highest BCUT2D eigenvalue weighted by Crippen LogP contribution is 2.32. The number of fused-ring (bicyclic) bond motifs is 1. The van der Waals surface area contributed by atoms with Crippen LogP contribution in [0.2, 0.25) is 0 Å². The minimum atomic E-state index is -4.32. The molecule has 0 radical (unpaired) electrons. The van der Waals surface area contributed by atoms with Crippen molar-refractivity contribution >= 4 is 17.1 Å². The smallest absolute Gasteiger partial charge is 0.416 e. The fraction of sp³-hybridized carbons (Fsp3) is 0.188. The van der Waals surface area contributed by atoms with E-state index < -0.39 is 11.7 Å². The van der Waals surface area contributed by atoms with Crippen molar-refractivity contribution in [2.24, 2.45) is 0 Å². The zero-order valence-corrected chi connectivity index (χ0v) is 12.0. The van der Waals surface area contributed by atoms with Gasteiger partial charge in [-0.3, -0.25) is 0 Å². The van der Waals surface area contributed by atoms with E-state index in [1.807, 2.05) is 14.1 Å². The molecule has 0 N–H and O–H groups in total. The molecular weight excluding hydrogens is 293 g/mol. The summed E-state index contributed by atoms with van der Waals surface area (Å²) in [6, 6.07) is 10.9. The van der Waals surface area contributed by atoms with Crippen molar-refractivity contribution in [2.75, 3.05) is 19.0 Å². The monoisotopic (exact) mass is 306 g/mol. The van der Waals surface area contributed by atoms with Crippen LogP contribution in [-0.2, 0) is 6.18 Å². The van der Waals surface area contributed by atoms with Gasteiger partial charge in [-0.2, -0.15) is 18.2 Å². The minimum absolute atomic E-state index is 0.486. The zero-order chi connectivity index (χ0) is 15.9. The molecule has 3 aromatic rings. The van der Waals surface area contributed by atoms with E-state index in [-0.39, 0.29) is 0 Å². The third kappa shape index (κ3) is 2.64. The summed E-state index contributed by atoms with van der Waals surface area (Å²) >= 11 is 0. The van der Waals surface area contributed by atoms with Gasteiger partial charge in [0.1, 0.15) is 5.52 Å². The highest BCUT2D eigenvalue weighted by Gasteiger charge is 2.29. The van der Waals surface area contributed by atoms with Crippen LogP contribution in [0.15, 0.2) is 46.9 Å². The Balaban J connectivity index is 1.99. The molecule has 0 atom stereocenters. The Labute approximate surface area is 125 Å². The molecule has 1 aromatic heterocycles. The molecule has 0 aliphatic heterocycles. The molecule has 6 heteroatoms. The van der Waals surface area contributed by atoms with Crippen molar-refractivity contribution < 1.29 is 17.6 Å². The Hall–Kier alpha value is -2.50. The molecule has 0 unspecified atom stereocenters. The number of hydrogen-bond donors (Lipinski definition) is 0. The predicted molar refractivity (Wildman–Crippen MR) is 78.8 cm³/mol. The van der Waals surface area contributed by atoms with Crippen LogP contribution in [0.3, 0.4) is 0 Å². The standard InChI is InChI=1S/C16H13F3N2O/c1-21(2)15-20-13-9-11(5-8-14(13)22-15)10-3-6-12(7-4-10)16(17,18)19/h3-9H,1-2H3. The molecule has 0 saturated heterocycles. The number of anilines is 1. The largest absolute Gasteiger partial charge is 0.423 e. The second kappa shape index (κ2) is 5.05. The van der Waals surface area contributed by atoms with Crippen LogP contribution in [0.25, 0.3) is 22.2 Å². The Morgan fingerprint density at radius 2 is 1.59 bits per heavy atom. The lowest BCUT2D eigenvalue weighted by atomic mass is 10.0. The van der Waals surface area contributed by atoms with Crippen LogP contribution in [0, 0.1) is 0 Å². The Bertz CT molecular complexity index is 804. The summed E-state index contributed by atoms with van der Waals surface area (Å²) in [6.45, 7) is 0. The first-order valence-corrected chi connectivity index (χ1v) is 6.60. The first-order chi connectivity index (χ1) is 10.3. The first kappa shape index (κ1) is 14.4. The van der Waals surface area contributed by atoms with E-state index in [1.54, 1.807) is 23.1 Å². The van der Waals surface area contributed by atoms with E-state index in [1.165, 1.54) is 12.1 Å². The third-order valence-corrected chi connectivity index (χ3v) is 3.30. The highest BCUT2D eigenvalue weighted by molar-refractivity contribution is 5.81. The molecular formula is C16H13F3N2O.